The van der Waals surface area contributed by atoms with E-state index in [9.17, 15) is 8.78 Å². The molecule has 0 heterocycles. The quantitative estimate of drug-likeness (QED) is 0.684. The fourth-order valence-corrected chi connectivity index (χ4v) is 1.58. The Morgan fingerprint density at radius 2 is 2.15 bits per heavy atom. The second-order valence-electron chi connectivity index (χ2n) is 2.46. The SMILES string of the molecule is CC(C#N)Sc1cc(F)ccc1F. The Balaban J connectivity index is 2.88. The first-order valence-corrected chi connectivity index (χ1v) is 4.53. The van der Waals surface area contributed by atoms with E-state index in [1.165, 1.54) is 0 Å². The van der Waals surface area contributed by atoms with Gasteiger partial charge in [0.25, 0.3) is 0 Å². The molecule has 0 fully saturated rings. The van der Waals surface area contributed by atoms with Crippen LogP contribution >= 0.6 is 11.8 Å². The van der Waals surface area contributed by atoms with Crippen LogP contribution in [0.2, 0.25) is 0 Å². The third-order valence-corrected chi connectivity index (χ3v) is 2.40. The summed E-state index contributed by atoms with van der Waals surface area (Å²) >= 11 is 1.01. The van der Waals surface area contributed by atoms with Gasteiger partial charge in [0.05, 0.1) is 11.3 Å². The summed E-state index contributed by atoms with van der Waals surface area (Å²) in [7, 11) is 0. The maximum atomic E-state index is 13.0. The number of thioether (sulfide) groups is 1. The number of nitriles is 1. The van der Waals surface area contributed by atoms with Crippen LogP contribution < -0.4 is 0 Å². The zero-order chi connectivity index (χ0) is 9.84. The van der Waals surface area contributed by atoms with Crippen molar-refractivity contribution in [2.45, 2.75) is 17.1 Å². The topological polar surface area (TPSA) is 23.8 Å². The lowest BCUT2D eigenvalue weighted by atomic mass is 10.3. The van der Waals surface area contributed by atoms with Crippen LogP contribution in [0.5, 0.6) is 0 Å². The molecule has 0 saturated carbocycles. The normalized spacial score (nSPS) is 12.2. The Morgan fingerprint density at radius 1 is 1.46 bits per heavy atom. The predicted octanol–water partition coefficient (Wildman–Crippen LogP) is 2.97. The van der Waals surface area contributed by atoms with E-state index in [1.807, 2.05) is 6.07 Å². The van der Waals surface area contributed by atoms with Crippen LogP contribution in [-0.4, -0.2) is 5.25 Å². The number of rotatable bonds is 2. The molecular formula is C9H7F2NS. The van der Waals surface area contributed by atoms with Gasteiger partial charge in [-0.1, -0.05) is 0 Å². The highest BCUT2D eigenvalue weighted by atomic mass is 32.2. The first kappa shape index (κ1) is 10.0. The largest absolute Gasteiger partial charge is 0.207 e. The number of nitrogens with zero attached hydrogens (tertiary/aromatic N) is 1. The molecule has 0 N–H and O–H groups in total. The molecule has 0 aliphatic heterocycles. The second kappa shape index (κ2) is 4.24. The van der Waals surface area contributed by atoms with E-state index >= 15 is 0 Å². The molecule has 68 valence electrons. The van der Waals surface area contributed by atoms with Crippen molar-refractivity contribution in [3.63, 3.8) is 0 Å². The summed E-state index contributed by atoms with van der Waals surface area (Å²) in [6, 6.07) is 5.13. The van der Waals surface area contributed by atoms with Gasteiger partial charge in [-0.25, -0.2) is 8.78 Å². The lowest BCUT2D eigenvalue weighted by Crippen LogP contribution is -1.92. The van der Waals surface area contributed by atoms with Crippen LogP contribution in [0, 0.1) is 23.0 Å². The second-order valence-corrected chi connectivity index (χ2v) is 3.85. The molecule has 0 bridgehead atoms. The van der Waals surface area contributed by atoms with Crippen molar-refractivity contribution in [2.24, 2.45) is 0 Å². The molecule has 4 heteroatoms. The Kier molecular flexibility index (Phi) is 3.26. The Hall–Kier alpha value is -1.08. The molecule has 0 saturated heterocycles. The smallest absolute Gasteiger partial charge is 0.137 e. The van der Waals surface area contributed by atoms with Crippen molar-refractivity contribution in [2.75, 3.05) is 0 Å². The van der Waals surface area contributed by atoms with Crippen LogP contribution in [-0.2, 0) is 0 Å². The van der Waals surface area contributed by atoms with Gasteiger partial charge in [-0.3, -0.25) is 0 Å². The minimum Gasteiger partial charge on any atom is -0.207 e. The summed E-state index contributed by atoms with van der Waals surface area (Å²) in [6.45, 7) is 1.63. The van der Waals surface area contributed by atoms with Crippen molar-refractivity contribution in [1.29, 1.82) is 5.26 Å². The van der Waals surface area contributed by atoms with Gasteiger partial charge in [-0.15, -0.1) is 11.8 Å². The number of halogens is 2. The summed E-state index contributed by atoms with van der Waals surface area (Å²) < 4.78 is 25.6. The zero-order valence-electron chi connectivity index (χ0n) is 6.92. The minimum atomic E-state index is -0.492. The Morgan fingerprint density at radius 3 is 2.77 bits per heavy atom. The van der Waals surface area contributed by atoms with E-state index in [-0.39, 0.29) is 10.1 Å². The van der Waals surface area contributed by atoms with Crippen LogP contribution in [0.1, 0.15) is 6.92 Å². The van der Waals surface area contributed by atoms with Crippen LogP contribution in [0.4, 0.5) is 8.78 Å². The van der Waals surface area contributed by atoms with Gasteiger partial charge in [0.2, 0.25) is 0 Å². The van der Waals surface area contributed by atoms with Crippen LogP contribution in [0.3, 0.4) is 0 Å². The molecule has 0 radical (unpaired) electrons. The molecule has 1 unspecified atom stereocenters. The third kappa shape index (κ3) is 2.71. The molecule has 1 nitrogen and oxygen atoms in total. The third-order valence-electron chi connectivity index (χ3n) is 1.38. The summed E-state index contributed by atoms with van der Waals surface area (Å²) in [5.41, 5.74) is 0. The van der Waals surface area contributed by atoms with Gasteiger partial charge in [-0.05, 0) is 25.1 Å². The van der Waals surface area contributed by atoms with E-state index in [0.717, 1.165) is 30.0 Å². The van der Waals surface area contributed by atoms with E-state index < -0.39 is 11.6 Å². The van der Waals surface area contributed by atoms with E-state index in [0.29, 0.717) is 0 Å². The highest BCUT2D eigenvalue weighted by molar-refractivity contribution is 8.00. The van der Waals surface area contributed by atoms with Crippen molar-refractivity contribution in [3.05, 3.63) is 29.8 Å². The van der Waals surface area contributed by atoms with Crippen molar-refractivity contribution < 1.29 is 8.78 Å². The number of hydrogen-bond acceptors (Lipinski definition) is 2. The molecule has 0 amide bonds. The lowest BCUT2D eigenvalue weighted by Gasteiger charge is -2.03. The highest BCUT2D eigenvalue weighted by Crippen LogP contribution is 2.26. The van der Waals surface area contributed by atoms with Crippen molar-refractivity contribution in [1.82, 2.24) is 0 Å². The van der Waals surface area contributed by atoms with E-state index in [2.05, 4.69) is 0 Å². The average molecular weight is 199 g/mol. The molecule has 0 aliphatic carbocycles. The van der Waals surface area contributed by atoms with Gasteiger partial charge < -0.3 is 0 Å². The van der Waals surface area contributed by atoms with Crippen molar-refractivity contribution in [3.8, 4) is 6.07 Å². The summed E-state index contributed by atoms with van der Waals surface area (Å²) in [5.74, 6) is -0.984. The fraction of sp³-hybridized carbons (Fsp3) is 0.222. The maximum Gasteiger partial charge on any atom is 0.137 e. The molecule has 13 heavy (non-hydrogen) atoms. The monoisotopic (exact) mass is 199 g/mol. The number of benzene rings is 1. The van der Waals surface area contributed by atoms with E-state index in [1.54, 1.807) is 6.92 Å². The average Bonchev–Trinajstić information content (AvgIpc) is 2.11. The molecule has 0 aromatic heterocycles. The van der Waals surface area contributed by atoms with Gasteiger partial charge in [-0.2, -0.15) is 5.26 Å². The van der Waals surface area contributed by atoms with Gasteiger partial charge >= 0.3 is 0 Å². The minimum absolute atomic E-state index is 0.175. The lowest BCUT2D eigenvalue weighted by molar-refractivity contribution is 0.577. The van der Waals surface area contributed by atoms with Gasteiger partial charge in [0.1, 0.15) is 11.6 Å². The van der Waals surface area contributed by atoms with E-state index in [4.69, 9.17) is 5.26 Å². The van der Waals surface area contributed by atoms with Gasteiger partial charge in [0, 0.05) is 4.90 Å². The maximum absolute atomic E-state index is 13.0. The van der Waals surface area contributed by atoms with Crippen LogP contribution in [0.25, 0.3) is 0 Å². The Labute approximate surface area is 79.4 Å². The summed E-state index contributed by atoms with van der Waals surface area (Å²) in [4.78, 5) is 0.175. The van der Waals surface area contributed by atoms with Gasteiger partial charge in [0.15, 0.2) is 0 Å². The highest BCUT2D eigenvalue weighted by Gasteiger charge is 2.08. The fourth-order valence-electron chi connectivity index (χ4n) is 0.784. The molecular weight excluding hydrogens is 192 g/mol. The summed E-state index contributed by atoms with van der Waals surface area (Å²) in [6.07, 6.45) is 0. The molecule has 1 aromatic rings. The standard InChI is InChI=1S/C9H7F2NS/c1-6(5-12)13-9-4-7(10)2-3-8(9)11/h2-4,6H,1H3. The predicted molar refractivity (Wildman–Crippen MR) is 47.3 cm³/mol. The summed E-state index contributed by atoms with van der Waals surface area (Å²) in [5, 5.41) is 8.09. The van der Waals surface area contributed by atoms with Crippen LogP contribution in [0.15, 0.2) is 23.1 Å². The van der Waals surface area contributed by atoms with Crippen molar-refractivity contribution >= 4 is 11.8 Å². The molecule has 1 aromatic carbocycles. The first-order valence-electron chi connectivity index (χ1n) is 3.65. The zero-order valence-corrected chi connectivity index (χ0v) is 7.74. The number of hydrogen-bond donors (Lipinski definition) is 0. The molecule has 0 spiro atoms. The molecule has 0 aliphatic rings. The Bertz CT molecular complexity index is 346. The molecule has 1 rings (SSSR count). The molecule has 1 atom stereocenters. The first-order chi connectivity index (χ1) is 6.13.